The Morgan fingerprint density at radius 1 is 1.00 bits per heavy atom. The van der Waals surface area contributed by atoms with Gasteiger partial charge in [-0.05, 0) is 43.2 Å². The Bertz CT molecular complexity index is 593. The van der Waals surface area contributed by atoms with Crippen molar-refractivity contribution in [3.05, 3.63) is 63.1 Å². The van der Waals surface area contributed by atoms with Crippen LogP contribution in [0.15, 0.2) is 40.9 Å². The van der Waals surface area contributed by atoms with Gasteiger partial charge in [-0.3, -0.25) is 0 Å². The topological polar surface area (TPSA) is 9.23 Å². The molecule has 0 heterocycles. The lowest BCUT2D eigenvalue weighted by atomic mass is 9.98. The molecule has 0 fully saturated rings. The molecule has 1 atom stereocenters. The highest BCUT2D eigenvalue weighted by molar-refractivity contribution is 9.10. The minimum absolute atomic E-state index is 0.125. The Hall–Kier alpha value is -0.800. The molecule has 0 radical (unpaired) electrons. The first-order chi connectivity index (χ1) is 9.02. The zero-order valence-electron chi connectivity index (χ0n) is 11.2. The molecular weight excluding hydrogens is 368 g/mol. The van der Waals surface area contributed by atoms with Gasteiger partial charge >= 0.3 is 0 Å². The number of hydrogen-bond donors (Lipinski definition) is 0. The van der Waals surface area contributed by atoms with E-state index >= 15 is 0 Å². The molecule has 0 spiro atoms. The van der Waals surface area contributed by atoms with Crippen molar-refractivity contribution in [2.45, 2.75) is 18.7 Å². The molecule has 1 nitrogen and oxygen atoms in total. The standard InChI is InChI=1S/C16H16Br2O/c1-10-4-5-11(2)13(8-10)16(18)14-9-12(17)6-7-15(14)19-3/h4-9,16H,1-3H3. The van der Waals surface area contributed by atoms with Crippen molar-refractivity contribution in [3.8, 4) is 5.75 Å². The third-order valence-corrected chi connectivity index (χ3v) is 4.65. The molecular formula is C16H16Br2O. The molecule has 2 rings (SSSR count). The smallest absolute Gasteiger partial charge is 0.123 e. The summed E-state index contributed by atoms with van der Waals surface area (Å²) >= 11 is 7.33. The first-order valence-corrected chi connectivity index (χ1v) is 7.78. The van der Waals surface area contributed by atoms with Crippen LogP contribution < -0.4 is 4.74 Å². The Balaban J connectivity index is 2.51. The molecule has 1 unspecified atom stereocenters. The SMILES string of the molecule is COc1ccc(Br)cc1C(Br)c1cc(C)ccc1C. The zero-order valence-corrected chi connectivity index (χ0v) is 14.4. The third-order valence-electron chi connectivity index (χ3n) is 3.17. The first-order valence-electron chi connectivity index (χ1n) is 6.07. The van der Waals surface area contributed by atoms with Crippen LogP contribution in [0.3, 0.4) is 0 Å². The molecule has 0 saturated carbocycles. The molecule has 0 aliphatic rings. The molecule has 0 aliphatic heterocycles. The van der Waals surface area contributed by atoms with Crippen molar-refractivity contribution >= 4 is 31.9 Å². The van der Waals surface area contributed by atoms with Crippen LogP contribution in [0.25, 0.3) is 0 Å². The summed E-state index contributed by atoms with van der Waals surface area (Å²) in [6.07, 6.45) is 0. The molecule has 100 valence electrons. The minimum Gasteiger partial charge on any atom is -0.496 e. The van der Waals surface area contributed by atoms with Gasteiger partial charge in [0.05, 0.1) is 11.9 Å². The maximum atomic E-state index is 5.46. The molecule has 0 N–H and O–H groups in total. The number of benzene rings is 2. The minimum atomic E-state index is 0.125. The summed E-state index contributed by atoms with van der Waals surface area (Å²) in [7, 11) is 1.70. The van der Waals surface area contributed by atoms with E-state index in [9.17, 15) is 0 Å². The van der Waals surface area contributed by atoms with E-state index in [4.69, 9.17) is 4.74 Å². The van der Waals surface area contributed by atoms with E-state index in [1.54, 1.807) is 7.11 Å². The normalized spacial score (nSPS) is 12.3. The number of hydrogen-bond acceptors (Lipinski definition) is 1. The van der Waals surface area contributed by atoms with Gasteiger partial charge in [-0.15, -0.1) is 0 Å². The molecule has 0 aromatic heterocycles. The summed E-state index contributed by atoms with van der Waals surface area (Å²) < 4.78 is 6.52. The van der Waals surface area contributed by atoms with Gasteiger partial charge in [-0.2, -0.15) is 0 Å². The molecule has 2 aromatic carbocycles. The van der Waals surface area contributed by atoms with E-state index in [1.165, 1.54) is 16.7 Å². The largest absolute Gasteiger partial charge is 0.496 e. The second kappa shape index (κ2) is 6.10. The van der Waals surface area contributed by atoms with Crippen molar-refractivity contribution in [3.63, 3.8) is 0 Å². The first kappa shape index (κ1) is 14.6. The Morgan fingerprint density at radius 3 is 2.42 bits per heavy atom. The van der Waals surface area contributed by atoms with Crippen LogP contribution in [-0.2, 0) is 0 Å². The van der Waals surface area contributed by atoms with E-state index in [0.29, 0.717) is 0 Å². The van der Waals surface area contributed by atoms with Crippen LogP contribution in [0, 0.1) is 13.8 Å². The van der Waals surface area contributed by atoms with E-state index in [-0.39, 0.29) is 4.83 Å². The highest BCUT2D eigenvalue weighted by Crippen LogP contribution is 2.39. The highest BCUT2D eigenvalue weighted by Gasteiger charge is 2.17. The number of aryl methyl sites for hydroxylation is 2. The Labute approximate surface area is 131 Å². The lowest BCUT2D eigenvalue weighted by Crippen LogP contribution is -1.99. The summed E-state index contributed by atoms with van der Waals surface area (Å²) in [5.41, 5.74) is 4.94. The molecule has 0 bridgehead atoms. The number of rotatable bonds is 3. The monoisotopic (exact) mass is 382 g/mol. The van der Waals surface area contributed by atoms with Crippen molar-refractivity contribution in [2.24, 2.45) is 0 Å². The van der Waals surface area contributed by atoms with Gasteiger partial charge in [0.25, 0.3) is 0 Å². The predicted octanol–water partition coefficient (Wildman–Crippen LogP) is 5.56. The number of halogens is 2. The van der Waals surface area contributed by atoms with Crippen LogP contribution in [0.5, 0.6) is 5.75 Å². The summed E-state index contributed by atoms with van der Waals surface area (Å²) in [6.45, 7) is 4.24. The van der Waals surface area contributed by atoms with Crippen molar-refractivity contribution in [1.29, 1.82) is 0 Å². The van der Waals surface area contributed by atoms with Crippen LogP contribution in [-0.4, -0.2) is 7.11 Å². The van der Waals surface area contributed by atoms with Crippen LogP contribution >= 0.6 is 31.9 Å². The van der Waals surface area contributed by atoms with Gasteiger partial charge in [0.1, 0.15) is 5.75 Å². The molecule has 0 saturated heterocycles. The van der Waals surface area contributed by atoms with Gasteiger partial charge < -0.3 is 4.74 Å². The average molecular weight is 384 g/mol. The highest BCUT2D eigenvalue weighted by atomic mass is 79.9. The summed E-state index contributed by atoms with van der Waals surface area (Å²) in [6, 6.07) is 12.6. The summed E-state index contributed by atoms with van der Waals surface area (Å²) in [4.78, 5) is 0.125. The van der Waals surface area contributed by atoms with Crippen LogP contribution in [0.4, 0.5) is 0 Å². The van der Waals surface area contributed by atoms with Crippen LogP contribution in [0.1, 0.15) is 27.1 Å². The fraction of sp³-hybridized carbons (Fsp3) is 0.250. The lowest BCUT2D eigenvalue weighted by molar-refractivity contribution is 0.410. The van der Waals surface area contributed by atoms with E-state index < -0.39 is 0 Å². The average Bonchev–Trinajstić information content (AvgIpc) is 2.40. The lowest BCUT2D eigenvalue weighted by Gasteiger charge is -2.17. The molecule has 0 aliphatic carbocycles. The maximum Gasteiger partial charge on any atom is 0.123 e. The van der Waals surface area contributed by atoms with Gasteiger partial charge in [0, 0.05) is 10.0 Å². The van der Waals surface area contributed by atoms with Crippen molar-refractivity contribution < 1.29 is 4.74 Å². The number of alkyl halides is 1. The van der Waals surface area contributed by atoms with Gasteiger partial charge in [-0.25, -0.2) is 0 Å². The molecule has 3 heteroatoms. The van der Waals surface area contributed by atoms with Crippen molar-refractivity contribution in [1.82, 2.24) is 0 Å². The van der Waals surface area contributed by atoms with E-state index in [2.05, 4.69) is 70.0 Å². The third kappa shape index (κ3) is 3.21. The van der Waals surface area contributed by atoms with Gasteiger partial charge in [0.15, 0.2) is 0 Å². The predicted molar refractivity (Wildman–Crippen MR) is 87.4 cm³/mol. The van der Waals surface area contributed by atoms with Gasteiger partial charge in [-0.1, -0.05) is 55.6 Å². The second-order valence-electron chi connectivity index (χ2n) is 4.61. The van der Waals surface area contributed by atoms with Crippen LogP contribution in [0.2, 0.25) is 0 Å². The van der Waals surface area contributed by atoms with E-state index in [1.807, 2.05) is 12.1 Å². The van der Waals surface area contributed by atoms with Crippen molar-refractivity contribution in [2.75, 3.05) is 7.11 Å². The maximum absolute atomic E-state index is 5.46. The number of methoxy groups -OCH3 is 1. The molecule has 0 amide bonds. The molecule has 19 heavy (non-hydrogen) atoms. The fourth-order valence-corrected chi connectivity index (χ4v) is 3.33. The fourth-order valence-electron chi connectivity index (χ4n) is 2.10. The number of ether oxygens (including phenoxy) is 1. The summed E-state index contributed by atoms with van der Waals surface area (Å²) in [5, 5.41) is 0. The van der Waals surface area contributed by atoms with Gasteiger partial charge in [0.2, 0.25) is 0 Å². The zero-order chi connectivity index (χ0) is 14.0. The second-order valence-corrected chi connectivity index (χ2v) is 6.44. The molecule has 2 aromatic rings. The van der Waals surface area contributed by atoms with E-state index in [0.717, 1.165) is 15.8 Å². The quantitative estimate of drug-likeness (QED) is 0.630. The Morgan fingerprint density at radius 2 is 1.74 bits per heavy atom. The summed E-state index contributed by atoms with van der Waals surface area (Å²) in [5.74, 6) is 0.894. The Kier molecular flexibility index (Phi) is 4.69.